The molecule has 0 saturated heterocycles. The molecule has 0 unspecified atom stereocenters. The number of nitrogens with zero attached hydrogens (tertiary/aromatic N) is 4. The Labute approximate surface area is 253 Å². The largest absolute Gasteiger partial charge is 2.00 e. The van der Waals surface area contributed by atoms with Crippen LogP contribution in [0.5, 0.6) is 0 Å². The maximum atomic E-state index is 4.48. The molecule has 0 spiro atoms. The van der Waals surface area contributed by atoms with Crippen molar-refractivity contribution in [1.29, 1.82) is 0 Å². The molecule has 6 rings (SSSR count). The third kappa shape index (κ3) is 6.42. The van der Waals surface area contributed by atoms with Crippen LogP contribution in [0, 0.1) is 41.5 Å². The summed E-state index contributed by atoms with van der Waals surface area (Å²) in [6, 6.07) is 16.9. The van der Waals surface area contributed by atoms with Gasteiger partial charge in [0.2, 0.25) is 0 Å². The molecule has 41 heavy (non-hydrogen) atoms. The number of allylic oxidation sites excluding steroid dienone is 4. The first-order chi connectivity index (χ1) is 19.3. The van der Waals surface area contributed by atoms with E-state index >= 15 is 0 Å². The number of hydrogen-bond acceptors (Lipinski definition) is 2. The van der Waals surface area contributed by atoms with Crippen molar-refractivity contribution in [2.45, 2.75) is 41.5 Å². The Kier molecular flexibility index (Phi) is 9.42. The van der Waals surface area contributed by atoms with Gasteiger partial charge in [-0.05, 0) is 110 Å². The summed E-state index contributed by atoms with van der Waals surface area (Å²) in [4.78, 5) is 17.9. The fourth-order valence-corrected chi connectivity index (χ4v) is 5.72. The molecule has 2 aliphatic rings. The molecule has 5 heteroatoms. The van der Waals surface area contributed by atoms with Crippen molar-refractivity contribution in [2.24, 2.45) is 9.98 Å². The monoisotopic (exact) mass is 580 g/mol. The standard InChI is InChI=1S/2C18H17N2.Ni/c2*1-12-10-13(2)17(14(3)11-12)18(15-6-4-8-19-15)16-7-5-9-20-16;/h2*4-11H,1-3H3;/q2*-1;+2/b2*18-15+;. The fraction of sp³-hybridized carbons (Fsp3) is 0.167. The van der Waals surface area contributed by atoms with E-state index in [2.05, 4.69) is 85.8 Å². The molecule has 208 valence electrons. The number of rotatable bonds is 4. The summed E-state index contributed by atoms with van der Waals surface area (Å²) in [5.74, 6) is 0. The first-order valence-corrected chi connectivity index (χ1v) is 13.6. The number of aryl methyl sites for hydroxylation is 6. The van der Waals surface area contributed by atoms with Gasteiger partial charge in [-0.1, -0.05) is 59.7 Å². The van der Waals surface area contributed by atoms with Crippen LogP contribution < -0.4 is 9.97 Å². The van der Waals surface area contributed by atoms with Crippen molar-refractivity contribution in [3.05, 3.63) is 153 Å². The van der Waals surface area contributed by atoms with Crippen LogP contribution in [0.3, 0.4) is 0 Å². The average molecular weight is 581 g/mol. The van der Waals surface area contributed by atoms with Crippen LogP contribution in [0.15, 0.2) is 107 Å². The second-order valence-electron chi connectivity index (χ2n) is 10.4. The number of hydrogen-bond donors (Lipinski definition) is 0. The van der Waals surface area contributed by atoms with Crippen LogP contribution in [0.25, 0.3) is 11.1 Å². The Bertz CT molecular complexity index is 1520. The van der Waals surface area contributed by atoms with E-state index in [0.29, 0.717) is 0 Å². The van der Waals surface area contributed by atoms with Gasteiger partial charge in [-0.25, -0.2) is 0 Å². The summed E-state index contributed by atoms with van der Waals surface area (Å²) in [5, 5.41) is 0. The van der Waals surface area contributed by atoms with Crippen molar-refractivity contribution in [1.82, 2.24) is 9.97 Å². The molecule has 0 saturated carbocycles. The third-order valence-electron chi connectivity index (χ3n) is 7.09. The Morgan fingerprint density at radius 3 is 1.20 bits per heavy atom. The molecule has 2 aromatic carbocycles. The van der Waals surface area contributed by atoms with Gasteiger partial charge < -0.3 is 9.97 Å². The Hall–Kier alpha value is -4.21. The summed E-state index contributed by atoms with van der Waals surface area (Å²) in [5.41, 5.74) is 16.3. The molecule has 0 bridgehead atoms. The van der Waals surface area contributed by atoms with Crippen molar-refractivity contribution in [3.63, 3.8) is 0 Å². The van der Waals surface area contributed by atoms with Gasteiger partial charge in [0.05, 0.1) is 11.4 Å². The minimum Gasteiger partial charge on any atom is -0.664 e. The summed E-state index contributed by atoms with van der Waals surface area (Å²) in [6.45, 7) is 12.9. The first-order valence-electron chi connectivity index (χ1n) is 13.6. The topological polar surface area (TPSA) is 52.9 Å². The van der Waals surface area contributed by atoms with E-state index in [1.54, 1.807) is 0 Å². The van der Waals surface area contributed by atoms with Gasteiger partial charge in [0.1, 0.15) is 0 Å². The zero-order chi connectivity index (χ0) is 28.2. The quantitative estimate of drug-likeness (QED) is 0.230. The molecular formula is C36H34N4Ni. The predicted molar refractivity (Wildman–Crippen MR) is 168 cm³/mol. The summed E-state index contributed by atoms with van der Waals surface area (Å²) >= 11 is 0. The maximum absolute atomic E-state index is 4.48. The van der Waals surface area contributed by atoms with Gasteiger partial charge >= 0.3 is 16.5 Å². The van der Waals surface area contributed by atoms with Crippen molar-refractivity contribution in [3.8, 4) is 0 Å². The third-order valence-corrected chi connectivity index (χ3v) is 7.09. The summed E-state index contributed by atoms with van der Waals surface area (Å²) < 4.78 is 0. The van der Waals surface area contributed by atoms with Gasteiger partial charge in [0.15, 0.2) is 0 Å². The van der Waals surface area contributed by atoms with E-state index in [1.165, 1.54) is 44.5 Å². The van der Waals surface area contributed by atoms with E-state index < -0.39 is 0 Å². The fourth-order valence-electron chi connectivity index (χ4n) is 5.72. The van der Waals surface area contributed by atoms with Crippen LogP contribution in [0.4, 0.5) is 0 Å². The molecule has 2 aliphatic heterocycles. The van der Waals surface area contributed by atoms with E-state index in [0.717, 1.165) is 33.9 Å². The van der Waals surface area contributed by atoms with Crippen LogP contribution in [0.2, 0.25) is 0 Å². The molecular weight excluding hydrogens is 547 g/mol. The molecule has 0 N–H and O–H groups in total. The van der Waals surface area contributed by atoms with Crippen molar-refractivity contribution >= 4 is 23.6 Å². The zero-order valence-corrected chi connectivity index (χ0v) is 25.3. The van der Waals surface area contributed by atoms with Crippen molar-refractivity contribution < 1.29 is 16.5 Å². The minimum absolute atomic E-state index is 0. The van der Waals surface area contributed by atoms with E-state index in [9.17, 15) is 0 Å². The van der Waals surface area contributed by atoms with Gasteiger partial charge in [0, 0.05) is 12.4 Å². The Morgan fingerprint density at radius 1 is 0.561 bits per heavy atom. The summed E-state index contributed by atoms with van der Waals surface area (Å²) in [6.07, 6.45) is 15.3. The SMILES string of the molecule is Cc1cc(C)c(/C(=C2\C=CC=N2)c2ccc[n-]2)c(C)c1.Cc1cc(C)c(/C(=C2\C=CC=N2)c2ccc[n-]2)c(C)c1.[Ni+2]. The zero-order valence-electron chi connectivity index (χ0n) is 24.3. The van der Waals surface area contributed by atoms with Gasteiger partial charge in [-0.3, -0.25) is 9.98 Å². The van der Waals surface area contributed by atoms with E-state index in [1.807, 2.05) is 73.4 Å². The molecule has 2 aromatic heterocycles. The second-order valence-corrected chi connectivity index (χ2v) is 10.4. The molecule has 4 aromatic rings. The normalized spacial score (nSPS) is 15.6. The molecule has 4 nitrogen and oxygen atoms in total. The Morgan fingerprint density at radius 2 is 0.927 bits per heavy atom. The molecule has 0 aliphatic carbocycles. The average Bonchev–Trinajstić information content (AvgIpc) is 3.73. The molecule has 0 amide bonds. The molecule has 0 radical (unpaired) electrons. The molecule has 0 fully saturated rings. The van der Waals surface area contributed by atoms with Crippen LogP contribution in [-0.2, 0) is 16.5 Å². The number of benzene rings is 2. The minimum atomic E-state index is 0. The first kappa shape index (κ1) is 29.8. The van der Waals surface area contributed by atoms with E-state index in [4.69, 9.17) is 0 Å². The van der Waals surface area contributed by atoms with Crippen LogP contribution in [-0.4, -0.2) is 12.4 Å². The smallest absolute Gasteiger partial charge is 0.664 e. The predicted octanol–water partition coefficient (Wildman–Crippen LogP) is 7.94. The van der Waals surface area contributed by atoms with Crippen molar-refractivity contribution in [2.75, 3.05) is 0 Å². The van der Waals surface area contributed by atoms with Crippen LogP contribution in [0.1, 0.15) is 55.9 Å². The van der Waals surface area contributed by atoms with Gasteiger partial charge in [-0.15, -0.1) is 11.4 Å². The second kappa shape index (κ2) is 13.0. The maximum Gasteiger partial charge on any atom is 2.00 e. The van der Waals surface area contributed by atoms with Crippen LogP contribution >= 0.6 is 0 Å². The van der Waals surface area contributed by atoms with Gasteiger partial charge in [0.25, 0.3) is 0 Å². The summed E-state index contributed by atoms with van der Waals surface area (Å²) in [7, 11) is 0. The molecule has 4 heterocycles. The van der Waals surface area contributed by atoms with Gasteiger partial charge in [-0.2, -0.15) is 12.4 Å². The van der Waals surface area contributed by atoms with E-state index in [-0.39, 0.29) is 16.5 Å². The number of aromatic nitrogens is 2. The number of aliphatic imine (C=N–C) groups is 2. The molecule has 0 atom stereocenters. The Balaban J connectivity index is 0.000000184.